The quantitative estimate of drug-likeness (QED) is 0.369. The molecule has 33 heavy (non-hydrogen) atoms. The highest BCUT2D eigenvalue weighted by atomic mass is 32.2. The number of nitrogens with zero attached hydrogens (tertiary/aromatic N) is 2. The lowest BCUT2D eigenvalue weighted by molar-refractivity contribution is -0.117. The molecule has 0 aliphatic heterocycles. The van der Waals surface area contributed by atoms with E-state index in [1.165, 1.54) is 11.8 Å². The summed E-state index contributed by atoms with van der Waals surface area (Å²) in [4.78, 5) is 17.2. The maximum absolute atomic E-state index is 12.4. The van der Waals surface area contributed by atoms with Crippen molar-refractivity contribution in [2.75, 3.05) is 7.11 Å². The van der Waals surface area contributed by atoms with E-state index in [-0.39, 0.29) is 0 Å². The first-order valence-corrected chi connectivity index (χ1v) is 11.1. The van der Waals surface area contributed by atoms with Crippen LogP contribution in [0.15, 0.2) is 96.0 Å². The standard InChI is InChI=1S/C27H21N3O2S/c1-32-24-15-9-8-14-20(24)21-16-23(18-10-4-2-5-11-18)30-27(22(21)17-28)33-25(26(29)31)19-12-6-3-7-13-19/h2-16,25H,1H3,(H2,29,31)/t25-/m0/s1. The molecule has 0 spiro atoms. The van der Waals surface area contributed by atoms with Crippen molar-refractivity contribution in [2.45, 2.75) is 10.3 Å². The van der Waals surface area contributed by atoms with Crippen LogP contribution in [0.3, 0.4) is 0 Å². The molecule has 1 amide bonds. The SMILES string of the molecule is COc1ccccc1-c1cc(-c2ccccc2)nc(S[C@H](C(N)=O)c2ccccc2)c1C#N. The number of carbonyl (C=O) groups excluding carboxylic acids is 1. The zero-order chi connectivity index (χ0) is 23.2. The summed E-state index contributed by atoms with van der Waals surface area (Å²) in [5.41, 5.74) is 9.93. The van der Waals surface area contributed by atoms with Gasteiger partial charge in [0.05, 0.1) is 18.4 Å². The smallest absolute Gasteiger partial charge is 0.235 e. The summed E-state index contributed by atoms with van der Waals surface area (Å²) in [6, 6.07) is 30.7. The van der Waals surface area contributed by atoms with Gasteiger partial charge in [-0.3, -0.25) is 4.79 Å². The van der Waals surface area contributed by atoms with Crippen LogP contribution in [0.4, 0.5) is 0 Å². The van der Waals surface area contributed by atoms with E-state index in [1.807, 2.05) is 91.0 Å². The number of aromatic nitrogens is 1. The van der Waals surface area contributed by atoms with Gasteiger partial charge in [0.2, 0.25) is 5.91 Å². The van der Waals surface area contributed by atoms with E-state index >= 15 is 0 Å². The van der Waals surface area contributed by atoms with Crippen molar-refractivity contribution in [3.8, 4) is 34.2 Å². The lowest BCUT2D eigenvalue weighted by Crippen LogP contribution is -2.19. The second kappa shape index (κ2) is 10.0. The number of pyridine rings is 1. The van der Waals surface area contributed by atoms with Crippen LogP contribution in [0, 0.1) is 11.3 Å². The predicted molar refractivity (Wildman–Crippen MR) is 131 cm³/mol. The number of benzene rings is 3. The van der Waals surface area contributed by atoms with Gasteiger partial charge in [0.15, 0.2) is 0 Å². The maximum Gasteiger partial charge on any atom is 0.235 e. The first-order chi connectivity index (χ1) is 16.1. The van der Waals surface area contributed by atoms with E-state index in [2.05, 4.69) is 6.07 Å². The molecule has 1 aromatic heterocycles. The molecule has 0 aliphatic carbocycles. The molecule has 0 saturated heterocycles. The molecule has 6 heteroatoms. The number of rotatable bonds is 7. The monoisotopic (exact) mass is 451 g/mol. The van der Waals surface area contributed by atoms with E-state index in [0.29, 0.717) is 27.6 Å². The Bertz CT molecular complexity index is 1320. The van der Waals surface area contributed by atoms with Gasteiger partial charge in [0.1, 0.15) is 22.1 Å². The molecule has 0 saturated carbocycles. The molecule has 162 valence electrons. The van der Waals surface area contributed by atoms with Crippen molar-refractivity contribution in [3.05, 3.63) is 102 Å². The number of thioether (sulfide) groups is 1. The van der Waals surface area contributed by atoms with Crippen LogP contribution in [0.25, 0.3) is 22.4 Å². The first-order valence-electron chi connectivity index (χ1n) is 10.3. The van der Waals surface area contributed by atoms with E-state index in [4.69, 9.17) is 15.5 Å². The molecule has 0 fully saturated rings. The summed E-state index contributed by atoms with van der Waals surface area (Å²) in [5.74, 6) is 0.144. The summed E-state index contributed by atoms with van der Waals surface area (Å²) in [5, 5.41) is 9.89. The predicted octanol–water partition coefficient (Wildman–Crippen LogP) is 5.61. The lowest BCUT2D eigenvalue weighted by atomic mass is 9.98. The van der Waals surface area contributed by atoms with Gasteiger partial charge in [-0.05, 0) is 17.7 Å². The molecular weight excluding hydrogens is 430 g/mol. The molecule has 5 nitrogen and oxygen atoms in total. The summed E-state index contributed by atoms with van der Waals surface area (Å²) < 4.78 is 5.56. The fourth-order valence-corrected chi connectivity index (χ4v) is 4.64. The van der Waals surface area contributed by atoms with E-state index in [9.17, 15) is 10.1 Å². The van der Waals surface area contributed by atoms with Crippen LogP contribution in [0.2, 0.25) is 0 Å². The Kier molecular flexibility index (Phi) is 6.72. The molecule has 0 radical (unpaired) electrons. The number of nitrogens with two attached hydrogens (primary N) is 1. The molecule has 4 rings (SSSR count). The van der Waals surface area contributed by atoms with E-state index in [0.717, 1.165) is 16.7 Å². The summed E-state index contributed by atoms with van der Waals surface area (Å²) in [7, 11) is 1.60. The summed E-state index contributed by atoms with van der Waals surface area (Å²) >= 11 is 1.18. The number of amides is 1. The normalized spacial score (nSPS) is 11.4. The molecule has 1 heterocycles. The van der Waals surface area contributed by atoms with Crippen LogP contribution >= 0.6 is 11.8 Å². The van der Waals surface area contributed by atoms with Crippen molar-refractivity contribution < 1.29 is 9.53 Å². The zero-order valence-corrected chi connectivity index (χ0v) is 18.8. The molecule has 4 aromatic rings. The average Bonchev–Trinajstić information content (AvgIpc) is 2.87. The largest absolute Gasteiger partial charge is 0.496 e. The van der Waals surface area contributed by atoms with Gasteiger partial charge in [-0.25, -0.2) is 4.98 Å². The Morgan fingerprint density at radius 3 is 2.24 bits per heavy atom. The highest BCUT2D eigenvalue weighted by Gasteiger charge is 2.25. The van der Waals surface area contributed by atoms with Crippen LogP contribution in [0.5, 0.6) is 5.75 Å². The molecule has 1 atom stereocenters. The second-order valence-corrected chi connectivity index (χ2v) is 8.32. The number of carbonyl (C=O) groups is 1. The minimum atomic E-state index is -0.692. The molecule has 0 aliphatic rings. The fraction of sp³-hybridized carbons (Fsp3) is 0.0741. The van der Waals surface area contributed by atoms with Crippen LogP contribution in [0.1, 0.15) is 16.4 Å². The van der Waals surface area contributed by atoms with Gasteiger partial charge >= 0.3 is 0 Å². The molecule has 2 N–H and O–H groups in total. The van der Waals surface area contributed by atoms with Crippen LogP contribution in [-0.2, 0) is 4.79 Å². The van der Waals surface area contributed by atoms with Gasteiger partial charge in [-0.15, -0.1) is 0 Å². The second-order valence-electron chi connectivity index (χ2n) is 7.22. The average molecular weight is 452 g/mol. The summed E-state index contributed by atoms with van der Waals surface area (Å²) in [6.45, 7) is 0. The number of para-hydroxylation sites is 1. The highest BCUT2D eigenvalue weighted by Crippen LogP contribution is 2.42. The van der Waals surface area contributed by atoms with Crippen molar-refractivity contribution >= 4 is 17.7 Å². The number of primary amides is 1. The van der Waals surface area contributed by atoms with E-state index < -0.39 is 11.2 Å². The third-order valence-electron chi connectivity index (χ3n) is 5.15. The number of nitriles is 1. The van der Waals surface area contributed by atoms with Crippen molar-refractivity contribution in [3.63, 3.8) is 0 Å². The third-order valence-corrected chi connectivity index (χ3v) is 6.41. The van der Waals surface area contributed by atoms with Gasteiger partial charge in [0, 0.05) is 16.7 Å². The van der Waals surface area contributed by atoms with Gasteiger partial charge in [-0.2, -0.15) is 5.26 Å². The number of hydrogen-bond acceptors (Lipinski definition) is 5. The minimum Gasteiger partial charge on any atom is -0.496 e. The van der Waals surface area contributed by atoms with Crippen molar-refractivity contribution in [1.29, 1.82) is 5.26 Å². The van der Waals surface area contributed by atoms with E-state index in [1.54, 1.807) is 7.11 Å². The topological polar surface area (TPSA) is 89.0 Å². The van der Waals surface area contributed by atoms with Gasteiger partial charge in [0.25, 0.3) is 0 Å². The highest BCUT2D eigenvalue weighted by molar-refractivity contribution is 8.00. The Balaban J connectivity index is 1.94. The third kappa shape index (κ3) is 4.74. The first kappa shape index (κ1) is 22.1. The maximum atomic E-state index is 12.4. The molecule has 3 aromatic carbocycles. The number of methoxy groups -OCH3 is 1. The van der Waals surface area contributed by atoms with Gasteiger partial charge in [-0.1, -0.05) is 90.6 Å². The zero-order valence-electron chi connectivity index (χ0n) is 17.9. The Labute approximate surface area is 196 Å². The minimum absolute atomic E-state index is 0.367. The Morgan fingerprint density at radius 2 is 1.61 bits per heavy atom. The van der Waals surface area contributed by atoms with Crippen LogP contribution in [-0.4, -0.2) is 18.0 Å². The Hall–Kier alpha value is -4.08. The van der Waals surface area contributed by atoms with Gasteiger partial charge < -0.3 is 10.5 Å². The Morgan fingerprint density at radius 1 is 0.970 bits per heavy atom. The van der Waals surface area contributed by atoms with Crippen molar-refractivity contribution in [2.24, 2.45) is 5.73 Å². The number of hydrogen-bond donors (Lipinski definition) is 1. The summed E-state index contributed by atoms with van der Waals surface area (Å²) in [6.07, 6.45) is 0. The fourth-order valence-electron chi connectivity index (χ4n) is 3.58. The van der Waals surface area contributed by atoms with Crippen molar-refractivity contribution in [1.82, 2.24) is 4.98 Å². The molecule has 0 unspecified atom stereocenters. The molecule has 0 bridgehead atoms. The number of ether oxygens (including phenoxy) is 1. The lowest BCUT2D eigenvalue weighted by Gasteiger charge is -2.17. The molecular formula is C27H21N3O2S. The van der Waals surface area contributed by atoms with Crippen LogP contribution < -0.4 is 10.5 Å².